The van der Waals surface area contributed by atoms with Crippen LogP contribution in [0.25, 0.3) is 0 Å². The van der Waals surface area contributed by atoms with Gasteiger partial charge < -0.3 is 0 Å². The van der Waals surface area contributed by atoms with Crippen molar-refractivity contribution in [2.75, 3.05) is 0 Å². The van der Waals surface area contributed by atoms with Crippen LogP contribution >= 0.6 is 0 Å². The number of benzene rings is 1. The monoisotopic (exact) mass is 317 g/mol. The van der Waals surface area contributed by atoms with Gasteiger partial charge in [0, 0.05) is 11.1 Å². The molecule has 0 N–H and O–H groups in total. The molecular weight excluding hydrogens is 280 g/mol. The topological polar surface area (TPSA) is 19.9 Å². The van der Waals surface area contributed by atoms with Gasteiger partial charge in [-0.05, 0) is 44.1 Å². The van der Waals surface area contributed by atoms with E-state index in [1.807, 2.05) is 0 Å². The lowest BCUT2D eigenvalue weighted by Gasteiger charge is -2.12. The minimum atomic E-state index is 0.346. The van der Waals surface area contributed by atoms with Crippen molar-refractivity contribution < 1.29 is 5.11 Å². The summed E-state index contributed by atoms with van der Waals surface area (Å²) >= 11 is 0. The Morgan fingerprint density at radius 1 is 0.609 bits per heavy atom. The van der Waals surface area contributed by atoms with Gasteiger partial charge in [0.25, 0.3) is 0 Å². The lowest BCUT2D eigenvalue weighted by atomic mass is 9.94. The zero-order chi connectivity index (χ0) is 16.9. The first kappa shape index (κ1) is 20.1. The Bertz CT molecular complexity index is 389. The molecule has 0 spiro atoms. The Hall–Kier alpha value is -0.980. The van der Waals surface area contributed by atoms with Crippen LogP contribution in [0.1, 0.15) is 102 Å². The molecule has 0 aromatic heterocycles. The Labute approximate surface area is 144 Å². The van der Waals surface area contributed by atoms with Gasteiger partial charge in [-0.2, -0.15) is 0 Å². The first-order valence-corrected chi connectivity index (χ1v) is 10.0. The van der Waals surface area contributed by atoms with Gasteiger partial charge in [0.2, 0.25) is 0 Å². The molecule has 0 saturated carbocycles. The molecule has 23 heavy (non-hydrogen) atoms. The Kier molecular flexibility index (Phi) is 10.9. The van der Waals surface area contributed by atoms with E-state index in [-0.39, 0.29) is 0 Å². The first-order valence-electron chi connectivity index (χ1n) is 10.0. The highest BCUT2D eigenvalue weighted by Gasteiger charge is 2.12. The fourth-order valence-corrected chi connectivity index (χ4v) is 3.21. The zero-order valence-electron chi connectivity index (χ0n) is 15.8. The number of hydrogen-bond acceptors (Lipinski definition) is 0. The first-order chi connectivity index (χ1) is 11.2. The van der Waals surface area contributed by atoms with Crippen molar-refractivity contribution in [3.05, 3.63) is 28.8 Å². The average molecular weight is 318 g/mol. The van der Waals surface area contributed by atoms with Gasteiger partial charge in [-0.1, -0.05) is 77.8 Å². The van der Waals surface area contributed by atoms with E-state index < -0.39 is 0 Å². The third-order valence-corrected chi connectivity index (χ3v) is 4.72. The van der Waals surface area contributed by atoms with Crippen LogP contribution in [0.2, 0.25) is 0 Å². The summed E-state index contributed by atoms with van der Waals surface area (Å²) < 4.78 is 0. The molecule has 0 unspecified atom stereocenters. The quantitative estimate of drug-likeness (QED) is 0.337. The molecule has 0 saturated heterocycles. The summed E-state index contributed by atoms with van der Waals surface area (Å²) in [6.07, 6.45) is 15.4. The Morgan fingerprint density at radius 2 is 1.09 bits per heavy atom. The molecule has 1 radical (unpaired) electrons. The van der Waals surface area contributed by atoms with E-state index in [9.17, 15) is 5.11 Å². The minimum absolute atomic E-state index is 0.346. The van der Waals surface area contributed by atoms with Gasteiger partial charge in [0.05, 0.1) is 0 Å². The van der Waals surface area contributed by atoms with Crippen molar-refractivity contribution in [1.29, 1.82) is 0 Å². The van der Waals surface area contributed by atoms with Gasteiger partial charge in [-0.3, -0.25) is 5.11 Å². The molecule has 131 valence electrons. The number of hydrogen-bond donors (Lipinski definition) is 0. The summed E-state index contributed by atoms with van der Waals surface area (Å²) in [5, 5.41) is 12.7. The summed E-state index contributed by atoms with van der Waals surface area (Å²) in [4.78, 5) is 0. The van der Waals surface area contributed by atoms with Crippen LogP contribution in [0.15, 0.2) is 12.1 Å². The van der Waals surface area contributed by atoms with Crippen LogP contribution in [0, 0.1) is 0 Å². The molecule has 0 heterocycles. The lowest BCUT2D eigenvalue weighted by Crippen LogP contribution is -1.97. The second-order valence-electron chi connectivity index (χ2n) is 6.97. The maximum Gasteiger partial charge on any atom is 0.185 e. The van der Waals surface area contributed by atoms with E-state index in [1.165, 1.54) is 56.9 Å². The number of aryl methyl sites for hydroxylation is 3. The molecule has 0 atom stereocenters. The second kappa shape index (κ2) is 12.4. The summed E-state index contributed by atoms with van der Waals surface area (Å²) in [6.45, 7) is 6.71. The molecule has 1 aromatic rings. The fraction of sp³-hybridized carbons (Fsp3) is 0.727. The highest BCUT2D eigenvalue weighted by molar-refractivity contribution is 5.44. The summed E-state index contributed by atoms with van der Waals surface area (Å²) in [7, 11) is 0. The van der Waals surface area contributed by atoms with E-state index in [1.54, 1.807) is 0 Å². The van der Waals surface area contributed by atoms with Gasteiger partial charge in [0.15, 0.2) is 5.75 Å². The highest BCUT2D eigenvalue weighted by atomic mass is 16.3. The van der Waals surface area contributed by atoms with Crippen LogP contribution < -0.4 is 0 Å². The van der Waals surface area contributed by atoms with Gasteiger partial charge in [-0.25, -0.2) is 0 Å². The maximum absolute atomic E-state index is 12.7. The van der Waals surface area contributed by atoms with Crippen molar-refractivity contribution in [1.82, 2.24) is 0 Å². The second-order valence-corrected chi connectivity index (χ2v) is 6.97. The molecule has 1 nitrogen and oxygen atoms in total. The molecule has 0 bridgehead atoms. The average Bonchev–Trinajstić information content (AvgIpc) is 2.56. The Balaban J connectivity index is 2.75. The molecule has 1 heteroatoms. The van der Waals surface area contributed by atoms with Crippen molar-refractivity contribution in [3.8, 4) is 5.75 Å². The molecule has 1 rings (SSSR count). The highest BCUT2D eigenvalue weighted by Crippen LogP contribution is 2.29. The van der Waals surface area contributed by atoms with Crippen LogP contribution in [0.4, 0.5) is 0 Å². The molecule has 0 aliphatic heterocycles. The van der Waals surface area contributed by atoms with E-state index in [0.717, 1.165) is 43.2 Å². The smallest absolute Gasteiger partial charge is 0.185 e. The zero-order valence-corrected chi connectivity index (χ0v) is 15.8. The van der Waals surface area contributed by atoms with Gasteiger partial charge in [-0.15, -0.1) is 0 Å². The van der Waals surface area contributed by atoms with Crippen molar-refractivity contribution in [2.24, 2.45) is 0 Å². The van der Waals surface area contributed by atoms with Crippen molar-refractivity contribution in [2.45, 2.75) is 104 Å². The van der Waals surface area contributed by atoms with E-state index >= 15 is 0 Å². The van der Waals surface area contributed by atoms with Gasteiger partial charge >= 0.3 is 0 Å². The molecule has 0 fully saturated rings. The summed E-state index contributed by atoms with van der Waals surface area (Å²) in [5.41, 5.74) is 3.56. The van der Waals surface area contributed by atoms with E-state index in [0.29, 0.717) is 5.75 Å². The maximum atomic E-state index is 12.7. The third kappa shape index (κ3) is 7.90. The lowest BCUT2D eigenvalue weighted by molar-refractivity contribution is 0.343. The molecular formula is C22H37O. The third-order valence-electron chi connectivity index (χ3n) is 4.72. The number of unbranched alkanes of at least 4 members (excludes halogenated alkanes) is 7. The van der Waals surface area contributed by atoms with Crippen LogP contribution in [-0.2, 0) is 24.4 Å². The summed E-state index contributed by atoms with van der Waals surface area (Å²) in [5.74, 6) is 0.346. The van der Waals surface area contributed by atoms with Crippen LogP contribution in [-0.4, -0.2) is 0 Å². The van der Waals surface area contributed by atoms with Crippen LogP contribution in [0.5, 0.6) is 5.75 Å². The molecule has 0 aliphatic carbocycles. The predicted molar refractivity (Wildman–Crippen MR) is 101 cm³/mol. The molecule has 1 aromatic carbocycles. The van der Waals surface area contributed by atoms with Gasteiger partial charge in [0.1, 0.15) is 0 Å². The predicted octanol–water partition coefficient (Wildman–Crippen LogP) is 7.42. The van der Waals surface area contributed by atoms with Crippen molar-refractivity contribution in [3.63, 3.8) is 0 Å². The van der Waals surface area contributed by atoms with Crippen LogP contribution in [0.3, 0.4) is 0 Å². The van der Waals surface area contributed by atoms with E-state index in [2.05, 4.69) is 32.9 Å². The fourth-order valence-electron chi connectivity index (χ4n) is 3.21. The molecule has 0 aliphatic rings. The summed E-state index contributed by atoms with van der Waals surface area (Å²) in [6, 6.07) is 4.42. The SMILES string of the molecule is CCCCCCc1cc(CCCC)cc(CCCCCC)c1[O]. The standard InChI is InChI=1S/C22H37O/c1-4-7-10-12-15-20-17-19(14-9-6-3)18-21(22(20)23)16-13-11-8-5-2/h17-18H,4-16H2,1-3H3. The minimum Gasteiger partial charge on any atom is -0.289 e. The van der Waals surface area contributed by atoms with E-state index in [4.69, 9.17) is 0 Å². The Morgan fingerprint density at radius 3 is 1.52 bits per heavy atom. The molecule has 0 amide bonds. The normalized spacial score (nSPS) is 11.1. The largest absolute Gasteiger partial charge is 0.289 e. The number of rotatable bonds is 13. The van der Waals surface area contributed by atoms with Crippen molar-refractivity contribution >= 4 is 0 Å².